The lowest BCUT2D eigenvalue weighted by molar-refractivity contribution is 0.0372. The van der Waals surface area contributed by atoms with Gasteiger partial charge in [0, 0.05) is 26.7 Å². The Balaban J connectivity index is 1.66. The Hall–Kier alpha value is -1.79. The molecular formula is C22H38N4O2. The topological polar surface area (TPSA) is 58.1 Å². The number of hydrogen-bond acceptors (Lipinski definition) is 4. The van der Waals surface area contributed by atoms with E-state index in [0.717, 1.165) is 64.1 Å². The van der Waals surface area contributed by atoms with Crippen LogP contribution in [0.1, 0.15) is 45.2 Å². The number of ether oxygens (including phenoxy) is 2. The Morgan fingerprint density at radius 1 is 1.14 bits per heavy atom. The second-order valence-corrected chi connectivity index (χ2v) is 7.80. The minimum absolute atomic E-state index is 0.179. The van der Waals surface area contributed by atoms with Gasteiger partial charge in [-0.1, -0.05) is 26.0 Å². The monoisotopic (exact) mass is 390 g/mol. The van der Waals surface area contributed by atoms with Crippen LogP contribution in [-0.2, 0) is 4.74 Å². The summed E-state index contributed by atoms with van der Waals surface area (Å²) in [4.78, 5) is 6.83. The summed E-state index contributed by atoms with van der Waals surface area (Å²) in [6, 6.07) is 8.49. The Bertz CT molecular complexity index is 568. The van der Waals surface area contributed by atoms with E-state index in [-0.39, 0.29) is 6.04 Å². The molecule has 2 rings (SSSR count). The van der Waals surface area contributed by atoms with E-state index in [4.69, 9.17) is 9.47 Å². The standard InChI is InChI=1S/C22H38N4O2/c1-18(2)17-28-21-9-7-20(8-10-21)19(3)25-22(23-4)24-11-5-6-12-26-13-15-27-16-14-26/h7-10,18-19H,5-6,11-17H2,1-4H3,(H2,23,24,25). The van der Waals surface area contributed by atoms with E-state index in [1.807, 2.05) is 19.2 Å². The predicted molar refractivity (Wildman–Crippen MR) is 116 cm³/mol. The van der Waals surface area contributed by atoms with Crippen LogP contribution in [0.2, 0.25) is 0 Å². The molecule has 6 heteroatoms. The molecule has 0 bridgehead atoms. The molecular weight excluding hydrogens is 352 g/mol. The molecule has 6 nitrogen and oxygen atoms in total. The molecule has 0 saturated carbocycles. The fraction of sp³-hybridized carbons (Fsp3) is 0.682. The van der Waals surface area contributed by atoms with Gasteiger partial charge in [0.05, 0.1) is 25.9 Å². The molecule has 1 aliphatic rings. The van der Waals surface area contributed by atoms with Gasteiger partial charge in [-0.2, -0.15) is 0 Å². The molecule has 28 heavy (non-hydrogen) atoms. The minimum Gasteiger partial charge on any atom is -0.493 e. The maximum Gasteiger partial charge on any atom is 0.191 e. The van der Waals surface area contributed by atoms with Crippen LogP contribution in [0.25, 0.3) is 0 Å². The first kappa shape index (κ1) is 22.5. The Morgan fingerprint density at radius 3 is 2.50 bits per heavy atom. The molecule has 1 aromatic rings. The van der Waals surface area contributed by atoms with Gasteiger partial charge in [0.15, 0.2) is 5.96 Å². The number of morpholine rings is 1. The second-order valence-electron chi connectivity index (χ2n) is 7.80. The summed E-state index contributed by atoms with van der Waals surface area (Å²) in [6.45, 7) is 13.2. The fourth-order valence-electron chi connectivity index (χ4n) is 3.09. The minimum atomic E-state index is 0.179. The van der Waals surface area contributed by atoms with Crippen molar-refractivity contribution in [2.75, 3.05) is 53.0 Å². The third kappa shape index (κ3) is 8.48. The first-order valence-electron chi connectivity index (χ1n) is 10.6. The SMILES string of the molecule is CN=C(NCCCCN1CCOCC1)NC(C)c1ccc(OCC(C)C)cc1. The van der Waals surface area contributed by atoms with E-state index in [1.54, 1.807) is 0 Å². The molecule has 1 aliphatic heterocycles. The van der Waals surface area contributed by atoms with Crippen LogP contribution in [0, 0.1) is 5.92 Å². The van der Waals surface area contributed by atoms with Crippen LogP contribution in [0.5, 0.6) is 5.75 Å². The normalized spacial score (nSPS) is 16.8. The molecule has 1 fully saturated rings. The summed E-state index contributed by atoms with van der Waals surface area (Å²) in [6.07, 6.45) is 2.33. The van der Waals surface area contributed by atoms with E-state index >= 15 is 0 Å². The van der Waals surface area contributed by atoms with Crippen molar-refractivity contribution < 1.29 is 9.47 Å². The van der Waals surface area contributed by atoms with E-state index < -0.39 is 0 Å². The van der Waals surface area contributed by atoms with Gasteiger partial charge in [-0.25, -0.2) is 0 Å². The summed E-state index contributed by atoms with van der Waals surface area (Å²) >= 11 is 0. The lowest BCUT2D eigenvalue weighted by Gasteiger charge is -2.26. The summed E-state index contributed by atoms with van der Waals surface area (Å²) in [5.74, 6) is 2.30. The van der Waals surface area contributed by atoms with E-state index in [0.29, 0.717) is 5.92 Å². The zero-order valence-corrected chi connectivity index (χ0v) is 18.0. The molecule has 0 aliphatic carbocycles. The molecule has 0 aromatic heterocycles. The summed E-state index contributed by atoms with van der Waals surface area (Å²) < 4.78 is 11.1. The molecule has 0 spiro atoms. The first-order chi connectivity index (χ1) is 13.6. The number of aliphatic imine (C=N–C) groups is 1. The Morgan fingerprint density at radius 2 is 1.86 bits per heavy atom. The molecule has 0 radical (unpaired) electrons. The zero-order chi connectivity index (χ0) is 20.2. The highest BCUT2D eigenvalue weighted by Crippen LogP contribution is 2.18. The van der Waals surface area contributed by atoms with Crippen LogP contribution in [-0.4, -0.2) is 63.9 Å². The van der Waals surface area contributed by atoms with Crippen molar-refractivity contribution in [3.8, 4) is 5.75 Å². The fourth-order valence-corrected chi connectivity index (χ4v) is 3.09. The van der Waals surface area contributed by atoms with E-state index in [9.17, 15) is 0 Å². The number of hydrogen-bond donors (Lipinski definition) is 2. The van der Waals surface area contributed by atoms with Crippen LogP contribution in [0.15, 0.2) is 29.3 Å². The quantitative estimate of drug-likeness (QED) is 0.365. The van der Waals surface area contributed by atoms with Crippen molar-refractivity contribution in [1.82, 2.24) is 15.5 Å². The van der Waals surface area contributed by atoms with Crippen LogP contribution in [0.3, 0.4) is 0 Å². The van der Waals surface area contributed by atoms with Gasteiger partial charge in [0.1, 0.15) is 5.75 Å². The second kappa shape index (κ2) is 12.6. The van der Waals surface area contributed by atoms with Crippen molar-refractivity contribution in [2.24, 2.45) is 10.9 Å². The van der Waals surface area contributed by atoms with Gasteiger partial charge < -0.3 is 20.1 Å². The van der Waals surface area contributed by atoms with Crippen molar-refractivity contribution in [2.45, 2.75) is 39.7 Å². The Labute approximate surface area is 170 Å². The first-order valence-corrected chi connectivity index (χ1v) is 10.6. The number of unbranched alkanes of at least 4 members (excludes halogenated alkanes) is 1. The smallest absolute Gasteiger partial charge is 0.191 e. The lowest BCUT2D eigenvalue weighted by Crippen LogP contribution is -2.39. The zero-order valence-electron chi connectivity index (χ0n) is 18.0. The van der Waals surface area contributed by atoms with Gasteiger partial charge in [-0.05, 0) is 49.9 Å². The maximum atomic E-state index is 5.76. The third-order valence-corrected chi connectivity index (χ3v) is 4.84. The molecule has 2 N–H and O–H groups in total. The molecule has 1 heterocycles. The van der Waals surface area contributed by atoms with Crippen LogP contribution in [0.4, 0.5) is 0 Å². The molecule has 1 unspecified atom stereocenters. The van der Waals surface area contributed by atoms with Crippen LogP contribution < -0.4 is 15.4 Å². The summed E-state index contributed by atoms with van der Waals surface area (Å²) in [5.41, 5.74) is 1.21. The highest BCUT2D eigenvalue weighted by atomic mass is 16.5. The highest BCUT2D eigenvalue weighted by Gasteiger charge is 2.10. The maximum absolute atomic E-state index is 5.76. The number of nitrogens with one attached hydrogen (secondary N) is 2. The number of nitrogens with zero attached hydrogens (tertiary/aromatic N) is 2. The van der Waals surface area contributed by atoms with Gasteiger partial charge in [-0.3, -0.25) is 9.89 Å². The van der Waals surface area contributed by atoms with Crippen molar-refractivity contribution >= 4 is 5.96 Å². The average Bonchev–Trinajstić information content (AvgIpc) is 2.72. The average molecular weight is 391 g/mol. The number of guanidine groups is 1. The lowest BCUT2D eigenvalue weighted by atomic mass is 10.1. The molecule has 1 aromatic carbocycles. The molecule has 158 valence electrons. The van der Waals surface area contributed by atoms with Crippen LogP contribution >= 0.6 is 0 Å². The largest absolute Gasteiger partial charge is 0.493 e. The third-order valence-electron chi connectivity index (χ3n) is 4.84. The number of rotatable bonds is 10. The number of benzene rings is 1. The van der Waals surface area contributed by atoms with Gasteiger partial charge in [0.25, 0.3) is 0 Å². The molecule has 1 saturated heterocycles. The molecule has 1 atom stereocenters. The van der Waals surface area contributed by atoms with Gasteiger partial charge in [-0.15, -0.1) is 0 Å². The summed E-state index contributed by atoms with van der Waals surface area (Å²) in [7, 11) is 1.82. The Kier molecular flexibility index (Phi) is 10.1. The van der Waals surface area contributed by atoms with Gasteiger partial charge in [0.2, 0.25) is 0 Å². The van der Waals surface area contributed by atoms with Gasteiger partial charge >= 0.3 is 0 Å². The highest BCUT2D eigenvalue weighted by molar-refractivity contribution is 5.80. The predicted octanol–water partition coefficient (Wildman–Crippen LogP) is 3.06. The van der Waals surface area contributed by atoms with Crippen molar-refractivity contribution in [3.05, 3.63) is 29.8 Å². The van der Waals surface area contributed by atoms with E-state index in [2.05, 4.69) is 53.4 Å². The summed E-state index contributed by atoms with van der Waals surface area (Å²) in [5, 5.41) is 6.89. The van der Waals surface area contributed by atoms with E-state index in [1.165, 1.54) is 12.0 Å². The van der Waals surface area contributed by atoms with Crippen molar-refractivity contribution in [1.29, 1.82) is 0 Å². The van der Waals surface area contributed by atoms with Crippen molar-refractivity contribution in [3.63, 3.8) is 0 Å². The molecule has 0 amide bonds.